The number of hydrogen-bond donors (Lipinski definition) is 6. The number of phenols is 1. The fraction of sp³-hybridized carbons (Fsp3) is 0.581. The molecule has 7 rings (SSSR count). The summed E-state index contributed by atoms with van der Waals surface area (Å²) in [5, 5.41) is 48.0. The number of primary amides is 1. The molecule has 0 aromatic heterocycles. The first-order valence-corrected chi connectivity index (χ1v) is 14.4. The van der Waals surface area contributed by atoms with Crippen molar-refractivity contribution in [3.63, 3.8) is 0 Å². The molecule has 0 aliphatic heterocycles. The Morgan fingerprint density at radius 2 is 1.85 bits per heavy atom. The molecule has 6 atom stereocenters. The van der Waals surface area contributed by atoms with Crippen LogP contribution in [0.1, 0.15) is 62.6 Å². The van der Waals surface area contributed by atoms with Gasteiger partial charge in [0.05, 0.1) is 12.7 Å². The van der Waals surface area contributed by atoms with Gasteiger partial charge in [0, 0.05) is 35.6 Å². The third kappa shape index (κ3) is 3.79. The molecule has 0 saturated heterocycles. The van der Waals surface area contributed by atoms with Gasteiger partial charge in [0.1, 0.15) is 28.6 Å². The maximum absolute atomic E-state index is 13.7. The molecule has 1 amide bonds. The number of ketones is 2. The number of hydrogen-bond acceptors (Lipinski definition) is 9. The number of Topliss-reactive ketones (excluding diaryl/α,β-unsaturated/α-hetero) is 2. The molecule has 4 saturated carbocycles. The summed E-state index contributed by atoms with van der Waals surface area (Å²) in [5.74, 6) is -3.83. The highest BCUT2D eigenvalue weighted by Crippen LogP contribution is 2.61. The van der Waals surface area contributed by atoms with Crippen LogP contribution in [0.4, 0.5) is 0 Å². The van der Waals surface area contributed by atoms with E-state index in [0.717, 1.165) is 18.0 Å². The minimum Gasteiger partial charge on any atom is -0.508 e. The van der Waals surface area contributed by atoms with Crippen molar-refractivity contribution in [1.82, 2.24) is 5.32 Å². The number of aromatic hydroxyl groups is 1. The fourth-order valence-electron chi connectivity index (χ4n) is 8.72. The van der Waals surface area contributed by atoms with Gasteiger partial charge >= 0.3 is 0 Å². The molecule has 6 aliphatic carbocycles. The van der Waals surface area contributed by atoms with Crippen molar-refractivity contribution in [2.24, 2.45) is 40.7 Å². The topological polar surface area (TPSA) is 179 Å². The van der Waals surface area contributed by atoms with Crippen molar-refractivity contribution < 1.29 is 39.5 Å². The smallest absolute Gasteiger partial charge is 0.255 e. The highest BCUT2D eigenvalue weighted by atomic mass is 16.5. The van der Waals surface area contributed by atoms with Crippen LogP contribution < -0.4 is 15.8 Å². The molecule has 0 heterocycles. The molecule has 4 fully saturated rings. The summed E-state index contributed by atoms with van der Waals surface area (Å²) >= 11 is 0. The number of aliphatic hydroxyl groups excluding tert-OH is 2. The van der Waals surface area contributed by atoms with E-state index in [9.17, 15) is 34.8 Å². The zero-order valence-electron chi connectivity index (χ0n) is 23.6. The number of benzene rings is 1. The third-order valence-electron chi connectivity index (χ3n) is 11.0. The molecule has 10 heteroatoms. The van der Waals surface area contributed by atoms with Crippen LogP contribution in [-0.4, -0.2) is 57.2 Å². The Morgan fingerprint density at radius 1 is 1.12 bits per heavy atom. The van der Waals surface area contributed by atoms with Gasteiger partial charge in [-0.3, -0.25) is 14.4 Å². The molecule has 41 heavy (non-hydrogen) atoms. The van der Waals surface area contributed by atoms with E-state index in [4.69, 9.17) is 10.5 Å². The van der Waals surface area contributed by atoms with E-state index in [2.05, 4.69) is 19.2 Å². The number of rotatable bonds is 6. The minimum atomic E-state index is -2.58. The number of nitrogens with one attached hydrogen (secondary N) is 1. The Bertz CT molecular complexity index is 1440. The summed E-state index contributed by atoms with van der Waals surface area (Å²) in [7, 11) is 1.52. The van der Waals surface area contributed by atoms with Gasteiger partial charge in [-0.15, -0.1) is 0 Å². The molecule has 1 aromatic carbocycles. The Morgan fingerprint density at radius 3 is 2.49 bits per heavy atom. The standard InChI is InChI=1S/C31H38N2O8/c1-30(2)16-5-4-13(19(30)9-16)11-33-12-15-8-20(34)23-18(26(15)41-3)7-14-6-17-10-21(35)24(29(32)39)28(38)31(17,40)27(37)22(14)25(23)36/h8,13-14,16-17,19,33-34,36,38,40H,4-7,9-12H2,1-3H3,(H2,32,39)/t13-,14?,16?,17-,19?,31-/m0/s1. The molecule has 0 radical (unpaired) electrons. The van der Waals surface area contributed by atoms with Gasteiger partial charge in [0.2, 0.25) is 5.78 Å². The van der Waals surface area contributed by atoms with Crippen molar-refractivity contribution in [2.75, 3.05) is 13.7 Å². The van der Waals surface area contributed by atoms with E-state index in [1.165, 1.54) is 32.4 Å². The maximum atomic E-state index is 13.7. The molecule has 3 unspecified atom stereocenters. The lowest BCUT2D eigenvalue weighted by Crippen LogP contribution is -2.58. The van der Waals surface area contributed by atoms with E-state index in [1.807, 2.05) is 0 Å². The number of ether oxygens (including phenoxy) is 1. The van der Waals surface area contributed by atoms with Crippen LogP contribution in [-0.2, 0) is 27.3 Å². The quantitative estimate of drug-likeness (QED) is 0.282. The number of phenolic OH excluding ortho intramolecular Hbond substituents is 1. The molecule has 7 N–H and O–H groups in total. The van der Waals surface area contributed by atoms with E-state index in [0.29, 0.717) is 35.1 Å². The summed E-state index contributed by atoms with van der Waals surface area (Å²) in [6.07, 6.45) is 3.68. The molecule has 220 valence electrons. The SMILES string of the molecule is COc1c(CNC[C@@H]2CCC3CC2C3(C)C)cc(O)c2c1CC1C[C@H]3CC(=O)C(C(N)=O)=C(O)[C@@]3(O)C(=O)C1=C2O. The first kappa shape index (κ1) is 27.8. The number of nitrogens with two attached hydrogens (primary N) is 1. The van der Waals surface area contributed by atoms with Gasteiger partial charge in [-0.1, -0.05) is 13.8 Å². The number of methoxy groups -OCH3 is 1. The second kappa shape index (κ2) is 9.32. The summed E-state index contributed by atoms with van der Waals surface area (Å²) in [5.41, 5.74) is 3.38. The van der Waals surface area contributed by atoms with Crippen LogP contribution >= 0.6 is 0 Å². The van der Waals surface area contributed by atoms with Crippen molar-refractivity contribution >= 4 is 23.2 Å². The number of aliphatic hydroxyl groups is 3. The Hall–Kier alpha value is -3.37. The average Bonchev–Trinajstić information content (AvgIpc) is 2.90. The summed E-state index contributed by atoms with van der Waals surface area (Å²) in [4.78, 5) is 38.1. The van der Waals surface area contributed by atoms with E-state index < -0.39 is 52.0 Å². The van der Waals surface area contributed by atoms with E-state index in [1.54, 1.807) is 0 Å². The number of amides is 1. The van der Waals surface area contributed by atoms with Gasteiger partial charge in [-0.25, -0.2) is 0 Å². The van der Waals surface area contributed by atoms with E-state index >= 15 is 0 Å². The van der Waals surface area contributed by atoms with Crippen LogP contribution in [0.3, 0.4) is 0 Å². The highest BCUT2D eigenvalue weighted by molar-refractivity contribution is 6.22. The summed E-state index contributed by atoms with van der Waals surface area (Å²) in [6.45, 7) is 6.03. The van der Waals surface area contributed by atoms with Gasteiger partial charge in [0.15, 0.2) is 11.4 Å². The molecule has 6 aliphatic rings. The number of carbonyl (C=O) groups excluding carboxylic acids is 3. The van der Waals surface area contributed by atoms with Gasteiger partial charge in [-0.05, 0) is 73.8 Å². The van der Waals surface area contributed by atoms with Crippen LogP contribution in [0.25, 0.3) is 5.76 Å². The maximum Gasteiger partial charge on any atom is 0.255 e. The van der Waals surface area contributed by atoms with Gasteiger partial charge < -0.3 is 36.2 Å². The second-order valence-corrected chi connectivity index (χ2v) is 13.2. The predicted molar refractivity (Wildman–Crippen MR) is 148 cm³/mol. The van der Waals surface area contributed by atoms with Crippen molar-refractivity contribution in [3.05, 3.63) is 39.7 Å². The average molecular weight is 567 g/mol. The summed E-state index contributed by atoms with van der Waals surface area (Å²) in [6, 6.07) is 1.51. The summed E-state index contributed by atoms with van der Waals surface area (Å²) < 4.78 is 5.79. The molecule has 0 spiro atoms. The lowest BCUT2D eigenvalue weighted by Gasteiger charge is -2.60. The zero-order valence-corrected chi connectivity index (χ0v) is 23.6. The van der Waals surface area contributed by atoms with Gasteiger partial charge in [-0.2, -0.15) is 0 Å². The van der Waals surface area contributed by atoms with Crippen molar-refractivity contribution in [1.29, 1.82) is 0 Å². The second-order valence-electron chi connectivity index (χ2n) is 13.2. The molecule has 1 aromatic rings. The monoisotopic (exact) mass is 566 g/mol. The lowest BCUT2D eigenvalue weighted by molar-refractivity contribution is -0.147. The first-order valence-electron chi connectivity index (χ1n) is 14.4. The van der Waals surface area contributed by atoms with Crippen LogP contribution in [0, 0.1) is 35.0 Å². The van der Waals surface area contributed by atoms with Gasteiger partial charge in [0.25, 0.3) is 5.91 Å². The van der Waals surface area contributed by atoms with Crippen molar-refractivity contribution in [3.8, 4) is 11.5 Å². The zero-order chi connectivity index (χ0) is 29.6. The van der Waals surface area contributed by atoms with Crippen LogP contribution in [0.15, 0.2) is 23.0 Å². The largest absolute Gasteiger partial charge is 0.508 e. The number of carbonyl (C=O) groups is 3. The Kier molecular flexibility index (Phi) is 6.32. The van der Waals surface area contributed by atoms with Crippen molar-refractivity contribution in [2.45, 2.75) is 64.5 Å². The lowest BCUT2D eigenvalue weighted by atomic mass is 9.45. The molecular weight excluding hydrogens is 528 g/mol. The van der Waals surface area contributed by atoms with Crippen LogP contribution in [0.5, 0.6) is 11.5 Å². The predicted octanol–water partition coefficient (Wildman–Crippen LogP) is 2.59. The minimum absolute atomic E-state index is 0.0345. The fourth-order valence-corrected chi connectivity index (χ4v) is 8.72. The highest BCUT2D eigenvalue weighted by Gasteiger charge is 2.60. The number of fused-ring (bicyclic) bond motifs is 5. The first-order chi connectivity index (χ1) is 19.3. The molecule has 2 bridgehead atoms. The Balaban J connectivity index is 1.32. The van der Waals surface area contributed by atoms with E-state index in [-0.39, 0.29) is 36.1 Å². The molecule has 10 nitrogen and oxygen atoms in total. The van der Waals surface area contributed by atoms with Crippen LogP contribution in [0.2, 0.25) is 0 Å². The molecular formula is C31H38N2O8. The Labute approximate surface area is 238 Å². The normalized spacial score (nSPS) is 33.5. The third-order valence-corrected chi connectivity index (χ3v) is 11.0.